The van der Waals surface area contributed by atoms with E-state index in [-0.39, 0.29) is 0 Å². The fourth-order valence-electron chi connectivity index (χ4n) is 1.40. The highest BCUT2D eigenvalue weighted by Crippen LogP contribution is 2.12. The lowest BCUT2D eigenvalue weighted by molar-refractivity contribution is 0.597. The molecule has 0 bridgehead atoms. The number of pyridine rings is 1. The van der Waals surface area contributed by atoms with Gasteiger partial charge in [-0.3, -0.25) is 4.98 Å². The standard InChI is InChI=1S/C11H13ClN4/c12-11-8-13-2-1-10(11)7-14-3-5-16-6-4-15-9-16/h1-2,4,6,8-9,14H,3,5,7H2. The zero-order chi connectivity index (χ0) is 11.2. The van der Waals surface area contributed by atoms with Gasteiger partial charge in [0.1, 0.15) is 0 Å². The van der Waals surface area contributed by atoms with Gasteiger partial charge in [-0.25, -0.2) is 4.98 Å². The van der Waals surface area contributed by atoms with E-state index in [1.807, 2.05) is 16.8 Å². The lowest BCUT2D eigenvalue weighted by atomic mass is 10.2. The maximum atomic E-state index is 5.99. The Morgan fingerprint density at radius 3 is 3.00 bits per heavy atom. The molecular weight excluding hydrogens is 224 g/mol. The van der Waals surface area contributed by atoms with Crippen molar-refractivity contribution in [2.24, 2.45) is 0 Å². The molecule has 2 aromatic heterocycles. The van der Waals surface area contributed by atoms with E-state index in [0.29, 0.717) is 5.02 Å². The molecule has 0 aliphatic carbocycles. The summed E-state index contributed by atoms with van der Waals surface area (Å²) in [6.07, 6.45) is 8.94. The van der Waals surface area contributed by atoms with Crippen molar-refractivity contribution in [3.05, 3.63) is 47.8 Å². The van der Waals surface area contributed by atoms with Gasteiger partial charge in [-0.15, -0.1) is 0 Å². The number of aromatic nitrogens is 3. The van der Waals surface area contributed by atoms with Gasteiger partial charge in [0, 0.05) is 44.4 Å². The summed E-state index contributed by atoms with van der Waals surface area (Å²) in [4.78, 5) is 7.92. The molecular formula is C11H13ClN4. The fraction of sp³-hybridized carbons (Fsp3) is 0.273. The lowest BCUT2D eigenvalue weighted by Gasteiger charge is -2.06. The van der Waals surface area contributed by atoms with Gasteiger partial charge >= 0.3 is 0 Å². The molecule has 0 spiro atoms. The molecule has 0 saturated carbocycles. The van der Waals surface area contributed by atoms with Crippen LogP contribution in [0.15, 0.2) is 37.2 Å². The van der Waals surface area contributed by atoms with E-state index < -0.39 is 0 Å². The Kier molecular flexibility index (Phi) is 3.91. The van der Waals surface area contributed by atoms with Crippen LogP contribution in [0.4, 0.5) is 0 Å². The molecule has 4 nitrogen and oxygen atoms in total. The molecule has 0 fully saturated rings. The Morgan fingerprint density at radius 1 is 1.31 bits per heavy atom. The van der Waals surface area contributed by atoms with Crippen molar-refractivity contribution in [3.63, 3.8) is 0 Å². The highest BCUT2D eigenvalue weighted by Gasteiger charge is 1.98. The highest BCUT2D eigenvalue weighted by molar-refractivity contribution is 6.31. The average Bonchev–Trinajstić information content (AvgIpc) is 2.79. The summed E-state index contributed by atoms with van der Waals surface area (Å²) in [5.41, 5.74) is 1.07. The number of hydrogen-bond acceptors (Lipinski definition) is 3. The Labute approximate surface area is 99.3 Å². The highest BCUT2D eigenvalue weighted by atomic mass is 35.5. The molecule has 0 aliphatic heterocycles. The second-order valence-corrected chi connectivity index (χ2v) is 3.85. The van der Waals surface area contributed by atoms with E-state index in [1.165, 1.54) is 0 Å². The summed E-state index contributed by atoms with van der Waals surface area (Å²) in [5.74, 6) is 0. The Bertz CT molecular complexity index is 427. The minimum atomic E-state index is 0.706. The largest absolute Gasteiger partial charge is 0.336 e. The molecule has 5 heteroatoms. The molecule has 84 valence electrons. The summed E-state index contributed by atoms with van der Waals surface area (Å²) < 4.78 is 2.03. The fourth-order valence-corrected chi connectivity index (χ4v) is 1.58. The van der Waals surface area contributed by atoms with Gasteiger partial charge in [-0.2, -0.15) is 0 Å². The molecule has 0 saturated heterocycles. The second kappa shape index (κ2) is 5.63. The van der Waals surface area contributed by atoms with Crippen molar-refractivity contribution in [1.82, 2.24) is 19.9 Å². The molecule has 0 aromatic carbocycles. The van der Waals surface area contributed by atoms with Crippen LogP contribution in [-0.4, -0.2) is 21.1 Å². The SMILES string of the molecule is Clc1cnccc1CNCCn1ccnc1. The number of nitrogens with one attached hydrogen (secondary N) is 1. The zero-order valence-electron chi connectivity index (χ0n) is 8.81. The Morgan fingerprint density at radius 2 is 2.25 bits per heavy atom. The van der Waals surface area contributed by atoms with Gasteiger partial charge in [-0.05, 0) is 11.6 Å². The predicted octanol–water partition coefficient (Wildman–Crippen LogP) is 1.72. The van der Waals surface area contributed by atoms with E-state index in [0.717, 1.165) is 25.2 Å². The van der Waals surface area contributed by atoms with Crippen LogP contribution in [0, 0.1) is 0 Å². The van der Waals surface area contributed by atoms with Gasteiger partial charge in [0.25, 0.3) is 0 Å². The average molecular weight is 237 g/mol. The third kappa shape index (κ3) is 3.05. The minimum Gasteiger partial charge on any atom is -0.336 e. The number of hydrogen-bond donors (Lipinski definition) is 1. The van der Waals surface area contributed by atoms with Gasteiger partial charge in [0.05, 0.1) is 11.3 Å². The topological polar surface area (TPSA) is 42.7 Å². The quantitative estimate of drug-likeness (QED) is 0.804. The normalized spacial score (nSPS) is 10.6. The molecule has 0 radical (unpaired) electrons. The Balaban J connectivity index is 1.74. The van der Waals surface area contributed by atoms with Crippen LogP contribution >= 0.6 is 11.6 Å². The monoisotopic (exact) mass is 236 g/mol. The molecule has 0 atom stereocenters. The van der Waals surface area contributed by atoms with Crippen molar-refractivity contribution in [2.75, 3.05) is 6.54 Å². The van der Waals surface area contributed by atoms with Gasteiger partial charge in [-0.1, -0.05) is 11.6 Å². The van der Waals surface area contributed by atoms with E-state index in [1.54, 1.807) is 24.9 Å². The van der Waals surface area contributed by atoms with E-state index >= 15 is 0 Å². The van der Waals surface area contributed by atoms with Gasteiger partial charge < -0.3 is 9.88 Å². The van der Waals surface area contributed by atoms with E-state index in [9.17, 15) is 0 Å². The van der Waals surface area contributed by atoms with Crippen molar-refractivity contribution in [2.45, 2.75) is 13.1 Å². The first-order valence-electron chi connectivity index (χ1n) is 5.11. The van der Waals surface area contributed by atoms with E-state index in [2.05, 4.69) is 15.3 Å². The molecule has 16 heavy (non-hydrogen) atoms. The second-order valence-electron chi connectivity index (χ2n) is 3.44. The zero-order valence-corrected chi connectivity index (χ0v) is 9.56. The molecule has 0 unspecified atom stereocenters. The number of imidazole rings is 1. The maximum Gasteiger partial charge on any atom is 0.0946 e. The van der Waals surface area contributed by atoms with Crippen molar-refractivity contribution in [3.8, 4) is 0 Å². The minimum absolute atomic E-state index is 0.706. The van der Waals surface area contributed by atoms with E-state index in [4.69, 9.17) is 11.6 Å². The van der Waals surface area contributed by atoms with Crippen LogP contribution in [0.25, 0.3) is 0 Å². The van der Waals surface area contributed by atoms with Crippen LogP contribution < -0.4 is 5.32 Å². The number of rotatable bonds is 5. The maximum absolute atomic E-state index is 5.99. The third-order valence-electron chi connectivity index (χ3n) is 2.28. The molecule has 2 aromatic rings. The number of halogens is 1. The summed E-state index contributed by atoms with van der Waals surface area (Å²) in [6.45, 7) is 2.55. The van der Waals surface area contributed by atoms with Crippen LogP contribution in [0.2, 0.25) is 5.02 Å². The molecule has 2 rings (SSSR count). The smallest absolute Gasteiger partial charge is 0.0946 e. The van der Waals surface area contributed by atoms with Crippen molar-refractivity contribution < 1.29 is 0 Å². The summed E-state index contributed by atoms with van der Waals surface area (Å²) in [7, 11) is 0. The number of nitrogens with zero attached hydrogens (tertiary/aromatic N) is 3. The first-order chi connectivity index (χ1) is 7.86. The first kappa shape index (κ1) is 11.1. The molecule has 0 amide bonds. The Hall–Kier alpha value is -1.39. The first-order valence-corrected chi connectivity index (χ1v) is 5.49. The predicted molar refractivity (Wildman–Crippen MR) is 63.2 cm³/mol. The van der Waals surface area contributed by atoms with Crippen LogP contribution in [0.3, 0.4) is 0 Å². The molecule has 0 aliphatic rings. The van der Waals surface area contributed by atoms with Crippen molar-refractivity contribution in [1.29, 1.82) is 0 Å². The van der Waals surface area contributed by atoms with Crippen molar-refractivity contribution >= 4 is 11.6 Å². The molecule has 1 N–H and O–H groups in total. The summed E-state index contributed by atoms with van der Waals surface area (Å²) in [6, 6.07) is 1.92. The molecule has 2 heterocycles. The van der Waals surface area contributed by atoms with Gasteiger partial charge in [0.2, 0.25) is 0 Å². The third-order valence-corrected chi connectivity index (χ3v) is 2.62. The summed E-state index contributed by atoms with van der Waals surface area (Å²) >= 11 is 5.99. The van der Waals surface area contributed by atoms with Crippen LogP contribution in [0.1, 0.15) is 5.56 Å². The lowest BCUT2D eigenvalue weighted by Crippen LogP contribution is -2.19. The van der Waals surface area contributed by atoms with Gasteiger partial charge in [0.15, 0.2) is 0 Å². The van der Waals surface area contributed by atoms with Crippen LogP contribution in [-0.2, 0) is 13.1 Å². The summed E-state index contributed by atoms with van der Waals surface area (Å²) in [5, 5.41) is 4.03. The van der Waals surface area contributed by atoms with Crippen LogP contribution in [0.5, 0.6) is 0 Å².